The number of hydrogen-bond donors (Lipinski definition) is 1. The number of ether oxygens (including phenoxy) is 1. The summed E-state index contributed by atoms with van der Waals surface area (Å²) in [6.07, 6.45) is 2.93. The second kappa shape index (κ2) is 5.89. The predicted molar refractivity (Wildman–Crippen MR) is 75.9 cm³/mol. The van der Waals surface area contributed by atoms with E-state index in [0.29, 0.717) is 28.5 Å². The van der Waals surface area contributed by atoms with E-state index in [1.54, 1.807) is 25.3 Å². The number of H-pyrrole nitrogens is 1. The van der Waals surface area contributed by atoms with Crippen molar-refractivity contribution in [2.45, 2.75) is 19.8 Å². The van der Waals surface area contributed by atoms with E-state index in [0.717, 1.165) is 12.0 Å². The Labute approximate surface area is 116 Å². The molecule has 0 bridgehead atoms. The Morgan fingerprint density at radius 1 is 1.42 bits per heavy atom. The van der Waals surface area contributed by atoms with Gasteiger partial charge in [-0.3, -0.25) is 4.79 Å². The first kappa shape index (κ1) is 13.6. The van der Waals surface area contributed by atoms with Crippen LogP contribution >= 0.6 is 11.6 Å². The molecule has 0 radical (unpaired) electrons. The number of aromatic nitrogens is 2. The van der Waals surface area contributed by atoms with Gasteiger partial charge in [0.15, 0.2) is 0 Å². The maximum atomic E-state index is 11.9. The van der Waals surface area contributed by atoms with Gasteiger partial charge < -0.3 is 9.72 Å². The zero-order chi connectivity index (χ0) is 13.8. The number of benzene rings is 1. The molecule has 2 rings (SSSR count). The molecule has 0 atom stereocenters. The second-order valence-corrected chi connectivity index (χ2v) is 4.59. The number of methoxy groups -OCH3 is 1. The molecular weight excluding hydrogens is 264 g/mol. The quantitative estimate of drug-likeness (QED) is 0.935. The van der Waals surface area contributed by atoms with E-state index < -0.39 is 0 Å². The zero-order valence-corrected chi connectivity index (χ0v) is 11.6. The minimum atomic E-state index is -0.117. The summed E-state index contributed by atoms with van der Waals surface area (Å²) in [5, 5.41) is 0.584. The van der Waals surface area contributed by atoms with E-state index in [4.69, 9.17) is 16.3 Å². The third-order valence-corrected chi connectivity index (χ3v) is 3.10. The van der Waals surface area contributed by atoms with Crippen LogP contribution in [0.25, 0.3) is 11.3 Å². The lowest BCUT2D eigenvalue weighted by atomic mass is 10.0. The Morgan fingerprint density at radius 2 is 2.21 bits per heavy atom. The van der Waals surface area contributed by atoms with Gasteiger partial charge in [-0.25, -0.2) is 4.98 Å². The SMILES string of the molecule is CCCc1c(-c2cc(Cl)ccc2OC)nc[nH]c1=O. The molecule has 0 aliphatic rings. The molecule has 19 heavy (non-hydrogen) atoms. The molecule has 1 N–H and O–H groups in total. The van der Waals surface area contributed by atoms with E-state index in [9.17, 15) is 4.79 Å². The lowest BCUT2D eigenvalue weighted by molar-refractivity contribution is 0.416. The monoisotopic (exact) mass is 278 g/mol. The molecule has 0 spiro atoms. The number of hydrogen-bond acceptors (Lipinski definition) is 3. The van der Waals surface area contributed by atoms with E-state index in [1.165, 1.54) is 6.33 Å². The Hall–Kier alpha value is -1.81. The number of aromatic amines is 1. The summed E-state index contributed by atoms with van der Waals surface area (Å²) < 4.78 is 5.32. The van der Waals surface area contributed by atoms with Gasteiger partial charge in [-0.1, -0.05) is 24.9 Å². The Kier molecular flexibility index (Phi) is 4.22. The number of rotatable bonds is 4. The van der Waals surface area contributed by atoms with Crippen LogP contribution in [0.5, 0.6) is 5.75 Å². The smallest absolute Gasteiger partial charge is 0.254 e. The van der Waals surface area contributed by atoms with Crippen molar-refractivity contribution >= 4 is 11.6 Å². The first-order chi connectivity index (χ1) is 9.17. The molecular formula is C14H15ClN2O2. The summed E-state index contributed by atoms with van der Waals surface area (Å²) in [6.45, 7) is 2.02. The van der Waals surface area contributed by atoms with Crippen molar-refractivity contribution in [3.05, 3.63) is 45.5 Å². The van der Waals surface area contributed by atoms with E-state index in [-0.39, 0.29) is 5.56 Å². The van der Waals surface area contributed by atoms with E-state index in [2.05, 4.69) is 9.97 Å². The van der Waals surface area contributed by atoms with Crippen molar-refractivity contribution in [1.29, 1.82) is 0 Å². The summed E-state index contributed by atoms with van der Waals surface area (Å²) in [4.78, 5) is 18.8. The van der Waals surface area contributed by atoms with Crippen LogP contribution in [0.15, 0.2) is 29.3 Å². The maximum Gasteiger partial charge on any atom is 0.254 e. The fourth-order valence-electron chi connectivity index (χ4n) is 2.01. The lowest BCUT2D eigenvalue weighted by Gasteiger charge is -2.11. The Balaban J connectivity index is 2.68. The lowest BCUT2D eigenvalue weighted by Crippen LogP contribution is -2.15. The van der Waals surface area contributed by atoms with Crippen LogP contribution in [0.2, 0.25) is 5.02 Å². The van der Waals surface area contributed by atoms with E-state index in [1.807, 2.05) is 6.92 Å². The van der Waals surface area contributed by atoms with Gasteiger partial charge in [0, 0.05) is 16.1 Å². The summed E-state index contributed by atoms with van der Waals surface area (Å²) in [5.41, 5.74) is 1.91. The fraction of sp³-hybridized carbons (Fsp3) is 0.286. The van der Waals surface area contributed by atoms with Gasteiger partial charge in [-0.15, -0.1) is 0 Å². The van der Waals surface area contributed by atoms with Gasteiger partial charge in [0.2, 0.25) is 0 Å². The van der Waals surface area contributed by atoms with Crippen LogP contribution in [-0.4, -0.2) is 17.1 Å². The van der Waals surface area contributed by atoms with Gasteiger partial charge in [0.1, 0.15) is 5.75 Å². The molecule has 1 heterocycles. The predicted octanol–water partition coefficient (Wildman–Crippen LogP) is 3.05. The summed E-state index contributed by atoms with van der Waals surface area (Å²) in [6, 6.07) is 5.29. The Morgan fingerprint density at radius 3 is 2.89 bits per heavy atom. The van der Waals surface area contributed by atoms with Gasteiger partial charge >= 0.3 is 0 Å². The summed E-state index contributed by atoms with van der Waals surface area (Å²) in [7, 11) is 1.58. The van der Waals surface area contributed by atoms with Crippen LogP contribution in [0.3, 0.4) is 0 Å². The van der Waals surface area contributed by atoms with Crippen molar-refractivity contribution in [1.82, 2.24) is 9.97 Å². The molecule has 0 saturated heterocycles. The highest BCUT2D eigenvalue weighted by Gasteiger charge is 2.14. The number of nitrogens with zero attached hydrogens (tertiary/aromatic N) is 1. The topological polar surface area (TPSA) is 55.0 Å². The first-order valence-electron chi connectivity index (χ1n) is 6.07. The molecule has 0 aliphatic carbocycles. The van der Waals surface area contributed by atoms with Crippen LogP contribution in [0.1, 0.15) is 18.9 Å². The van der Waals surface area contributed by atoms with Crippen LogP contribution in [-0.2, 0) is 6.42 Å². The molecule has 0 amide bonds. The number of halogens is 1. The van der Waals surface area contributed by atoms with Gasteiger partial charge in [0.05, 0.1) is 19.1 Å². The third-order valence-electron chi connectivity index (χ3n) is 2.87. The molecule has 1 aromatic carbocycles. The van der Waals surface area contributed by atoms with Crippen LogP contribution < -0.4 is 10.3 Å². The average Bonchev–Trinajstić information content (AvgIpc) is 2.41. The highest BCUT2D eigenvalue weighted by molar-refractivity contribution is 6.31. The van der Waals surface area contributed by atoms with Gasteiger partial charge in [0.25, 0.3) is 5.56 Å². The third kappa shape index (κ3) is 2.79. The average molecular weight is 279 g/mol. The van der Waals surface area contributed by atoms with Crippen molar-refractivity contribution in [3.63, 3.8) is 0 Å². The van der Waals surface area contributed by atoms with Crippen LogP contribution in [0, 0.1) is 0 Å². The highest BCUT2D eigenvalue weighted by Crippen LogP contribution is 2.32. The van der Waals surface area contributed by atoms with Crippen molar-refractivity contribution in [2.24, 2.45) is 0 Å². The second-order valence-electron chi connectivity index (χ2n) is 4.15. The van der Waals surface area contributed by atoms with Crippen molar-refractivity contribution in [2.75, 3.05) is 7.11 Å². The molecule has 4 nitrogen and oxygen atoms in total. The summed E-state index contributed by atoms with van der Waals surface area (Å²) in [5.74, 6) is 0.653. The molecule has 2 aromatic rings. The molecule has 0 unspecified atom stereocenters. The van der Waals surface area contributed by atoms with E-state index >= 15 is 0 Å². The van der Waals surface area contributed by atoms with Crippen molar-refractivity contribution < 1.29 is 4.74 Å². The minimum absolute atomic E-state index is 0.117. The Bertz CT molecular complexity index is 638. The van der Waals surface area contributed by atoms with Crippen LogP contribution in [0.4, 0.5) is 0 Å². The maximum absolute atomic E-state index is 11.9. The van der Waals surface area contributed by atoms with Gasteiger partial charge in [-0.2, -0.15) is 0 Å². The summed E-state index contributed by atoms with van der Waals surface area (Å²) >= 11 is 6.02. The molecule has 0 aliphatic heterocycles. The molecule has 0 fully saturated rings. The molecule has 1 aromatic heterocycles. The van der Waals surface area contributed by atoms with Crippen molar-refractivity contribution in [3.8, 4) is 17.0 Å². The first-order valence-corrected chi connectivity index (χ1v) is 6.45. The fourth-order valence-corrected chi connectivity index (χ4v) is 2.18. The zero-order valence-electron chi connectivity index (χ0n) is 10.9. The standard InChI is InChI=1S/C14H15ClN2O2/c1-3-4-10-13(16-8-17-14(10)18)11-7-9(15)5-6-12(11)19-2/h5-8H,3-4H2,1-2H3,(H,16,17,18). The highest BCUT2D eigenvalue weighted by atomic mass is 35.5. The molecule has 0 saturated carbocycles. The number of nitrogens with one attached hydrogen (secondary N) is 1. The largest absolute Gasteiger partial charge is 0.496 e. The molecule has 5 heteroatoms. The molecule has 100 valence electrons. The minimum Gasteiger partial charge on any atom is -0.496 e. The van der Waals surface area contributed by atoms with Gasteiger partial charge in [-0.05, 0) is 24.6 Å². The normalized spacial score (nSPS) is 10.5.